The summed E-state index contributed by atoms with van der Waals surface area (Å²) >= 11 is 5.49. The maximum Gasteiger partial charge on any atom is 0.171 e. The lowest BCUT2D eigenvalue weighted by atomic mass is 9.93. The summed E-state index contributed by atoms with van der Waals surface area (Å²) in [6.07, 6.45) is 0. The Bertz CT molecular complexity index is 670. The van der Waals surface area contributed by atoms with Crippen LogP contribution >= 0.6 is 12.2 Å². The smallest absolute Gasteiger partial charge is 0.171 e. The van der Waals surface area contributed by atoms with Crippen LogP contribution < -0.4 is 15.4 Å². The molecule has 0 unspecified atom stereocenters. The minimum absolute atomic E-state index is 0.168. The summed E-state index contributed by atoms with van der Waals surface area (Å²) in [6.45, 7) is 6.52. The van der Waals surface area contributed by atoms with E-state index in [0.29, 0.717) is 11.0 Å². The molecule has 2 aromatic rings. The van der Waals surface area contributed by atoms with Crippen molar-refractivity contribution < 1.29 is 4.74 Å². The van der Waals surface area contributed by atoms with Gasteiger partial charge in [-0.25, -0.2) is 0 Å². The SMILES string of the molecule is COc1cccc(NC(=S)N[C@@H](c2ccccc2C)C(C)C)c1. The maximum atomic E-state index is 5.49. The van der Waals surface area contributed by atoms with Crippen LogP contribution in [0, 0.1) is 12.8 Å². The van der Waals surface area contributed by atoms with Crippen molar-refractivity contribution in [2.75, 3.05) is 12.4 Å². The maximum absolute atomic E-state index is 5.49. The third kappa shape index (κ3) is 4.70. The summed E-state index contributed by atoms with van der Waals surface area (Å²) in [4.78, 5) is 0. The molecule has 0 spiro atoms. The molecular formula is C19H24N2OS. The van der Waals surface area contributed by atoms with Gasteiger partial charge < -0.3 is 15.4 Å². The van der Waals surface area contributed by atoms with Crippen LogP contribution in [0.1, 0.15) is 31.0 Å². The van der Waals surface area contributed by atoms with E-state index in [2.05, 4.69) is 55.7 Å². The van der Waals surface area contributed by atoms with Crippen LogP contribution in [0.25, 0.3) is 0 Å². The minimum atomic E-state index is 0.168. The van der Waals surface area contributed by atoms with Crippen molar-refractivity contribution in [2.45, 2.75) is 26.8 Å². The second kappa shape index (κ2) is 7.97. The molecule has 0 aliphatic carbocycles. The van der Waals surface area contributed by atoms with E-state index in [1.165, 1.54) is 11.1 Å². The van der Waals surface area contributed by atoms with Crippen LogP contribution in [-0.4, -0.2) is 12.2 Å². The second-order valence-corrected chi connectivity index (χ2v) is 6.32. The number of aryl methyl sites for hydroxylation is 1. The first-order valence-electron chi connectivity index (χ1n) is 7.78. The van der Waals surface area contributed by atoms with Crippen LogP contribution in [-0.2, 0) is 0 Å². The van der Waals surface area contributed by atoms with Crippen LogP contribution in [0.4, 0.5) is 5.69 Å². The molecule has 4 heteroatoms. The van der Waals surface area contributed by atoms with E-state index in [1.54, 1.807) is 7.11 Å². The topological polar surface area (TPSA) is 33.3 Å². The Balaban J connectivity index is 2.11. The lowest BCUT2D eigenvalue weighted by Crippen LogP contribution is -2.35. The zero-order valence-electron chi connectivity index (χ0n) is 14.1. The van der Waals surface area contributed by atoms with E-state index in [9.17, 15) is 0 Å². The standard InChI is InChI=1S/C19H24N2OS/c1-13(2)18(17-11-6-5-8-14(17)3)21-19(23)20-15-9-7-10-16(12-15)22-4/h5-13,18H,1-4H3,(H2,20,21,23)/t18-/m1/s1. The highest BCUT2D eigenvalue weighted by Crippen LogP contribution is 2.25. The molecule has 0 fully saturated rings. The van der Waals surface area contributed by atoms with Crippen molar-refractivity contribution in [2.24, 2.45) is 5.92 Å². The molecule has 122 valence electrons. The largest absolute Gasteiger partial charge is 0.497 e. The lowest BCUT2D eigenvalue weighted by Gasteiger charge is -2.26. The Morgan fingerprint density at radius 1 is 1.09 bits per heavy atom. The van der Waals surface area contributed by atoms with E-state index in [1.807, 2.05) is 24.3 Å². The monoisotopic (exact) mass is 328 g/mol. The van der Waals surface area contributed by atoms with E-state index >= 15 is 0 Å². The molecular weight excluding hydrogens is 304 g/mol. The average Bonchev–Trinajstić information content (AvgIpc) is 2.53. The van der Waals surface area contributed by atoms with E-state index in [0.717, 1.165) is 11.4 Å². The van der Waals surface area contributed by atoms with Gasteiger partial charge in [0.05, 0.1) is 13.2 Å². The number of hydrogen-bond donors (Lipinski definition) is 2. The fraction of sp³-hybridized carbons (Fsp3) is 0.316. The Hall–Kier alpha value is -2.07. The summed E-state index contributed by atoms with van der Waals surface area (Å²) in [5, 5.41) is 7.28. The van der Waals surface area contributed by atoms with Gasteiger partial charge in [-0.3, -0.25) is 0 Å². The van der Waals surface area contributed by atoms with Crippen LogP contribution in [0.3, 0.4) is 0 Å². The number of methoxy groups -OCH3 is 1. The summed E-state index contributed by atoms with van der Waals surface area (Å²) < 4.78 is 5.24. The fourth-order valence-electron chi connectivity index (χ4n) is 2.55. The number of rotatable bonds is 5. The van der Waals surface area contributed by atoms with Crippen LogP contribution in [0.2, 0.25) is 0 Å². The molecule has 3 nitrogen and oxygen atoms in total. The summed E-state index contributed by atoms with van der Waals surface area (Å²) in [5.41, 5.74) is 3.45. The van der Waals surface area contributed by atoms with Crippen LogP contribution in [0.15, 0.2) is 48.5 Å². The molecule has 23 heavy (non-hydrogen) atoms. The lowest BCUT2D eigenvalue weighted by molar-refractivity contribution is 0.415. The second-order valence-electron chi connectivity index (χ2n) is 5.91. The molecule has 1 atom stereocenters. The first-order valence-corrected chi connectivity index (χ1v) is 8.19. The number of anilines is 1. The molecule has 0 aliphatic heterocycles. The van der Waals surface area contributed by atoms with Crippen molar-refractivity contribution in [3.63, 3.8) is 0 Å². The Labute approximate surface area is 144 Å². The highest BCUT2D eigenvalue weighted by Gasteiger charge is 2.18. The van der Waals surface area contributed by atoms with Gasteiger partial charge in [0.2, 0.25) is 0 Å². The Kier molecular flexibility index (Phi) is 5.99. The average molecular weight is 328 g/mol. The third-order valence-corrected chi connectivity index (χ3v) is 4.02. The molecule has 0 heterocycles. The van der Waals surface area contributed by atoms with Crippen molar-refractivity contribution >= 4 is 23.0 Å². The van der Waals surface area contributed by atoms with Gasteiger partial charge in [0.15, 0.2) is 5.11 Å². The van der Waals surface area contributed by atoms with Gasteiger partial charge in [0.1, 0.15) is 5.75 Å². The number of hydrogen-bond acceptors (Lipinski definition) is 2. The van der Waals surface area contributed by atoms with E-state index in [4.69, 9.17) is 17.0 Å². The predicted molar refractivity (Wildman–Crippen MR) is 101 cm³/mol. The molecule has 2 N–H and O–H groups in total. The fourth-order valence-corrected chi connectivity index (χ4v) is 2.79. The van der Waals surface area contributed by atoms with E-state index < -0.39 is 0 Å². The highest BCUT2D eigenvalue weighted by atomic mass is 32.1. The van der Waals surface area contributed by atoms with Gasteiger partial charge in [-0.05, 0) is 48.3 Å². The van der Waals surface area contributed by atoms with Crippen molar-refractivity contribution in [3.8, 4) is 5.75 Å². The molecule has 2 aromatic carbocycles. The number of benzene rings is 2. The molecule has 0 bridgehead atoms. The zero-order chi connectivity index (χ0) is 16.8. The predicted octanol–water partition coefficient (Wildman–Crippen LogP) is 4.69. The Morgan fingerprint density at radius 3 is 2.48 bits per heavy atom. The van der Waals surface area contributed by atoms with Crippen LogP contribution in [0.5, 0.6) is 5.75 Å². The normalized spacial score (nSPS) is 11.9. The highest BCUT2D eigenvalue weighted by molar-refractivity contribution is 7.80. The number of nitrogens with one attached hydrogen (secondary N) is 2. The molecule has 2 rings (SSSR count). The molecule has 0 saturated heterocycles. The summed E-state index contributed by atoms with van der Waals surface area (Å²) in [7, 11) is 1.66. The van der Waals surface area contributed by atoms with Crippen molar-refractivity contribution in [1.29, 1.82) is 0 Å². The number of thiocarbonyl (C=S) groups is 1. The van der Waals surface area contributed by atoms with Gasteiger partial charge in [0.25, 0.3) is 0 Å². The zero-order valence-corrected chi connectivity index (χ0v) is 14.9. The quantitative estimate of drug-likeness (QED) is 0.780. The van der Waals surface area contributed by atoms with Gasteiger partial charge >= 0.3 is 0 Å². The van der Waals surface area contributed by atoms with Gasteiger partial charge in [0, 0.05) is 11.8 Å². The van der Waals surface area contributed by atoms with Crippen molar-refractivity contribution in [1.82, 2.24) is 5.32 Å². The van der Waals surface area contributed by atoms with Crippen molar-refractivity contribution in [3.05, 3.63) is 59.7 Å². The van der Waals surface area contributed by atoms with Gasteiger partial charge in [-0.2, -0.15) is 0 Å². The molecule has 0 aromatic heterocycles. The van der Waals surface area contributed by atoms with E-state index in [-0.39, 0.29) is 6.04 Å². The third-order valence-electron chi connectivity index (χ3n) is 3.80. The minimum Gasteiger partial charge on any atom is -0.497 e. The molecule has 0 amide bonds. The van der Waals surface area contributed by atoms with Gasteiger partial charge in [-0.1, -0.05) is 44.2 Å². The van der Waals surface area contributed by atoms with Gasteiger partial charge in [-0.15, -0.1) is 0 Å². The number of ether oxygens (including phenoxy) is 1. The molecule has 0 saturated carbocycles. The summed E-state index contributed by atoms with van der Waals surface area (Å²) in [5.74, 6) is 1.22. The Morgan fingerprint density at radius 2 is 1.83 bits per heavy atom. The first kappa shape index (κ1) is 17.3. The molecule has 0 radical (unpaired) electrons. The summed E-state index contributed by atoms with van der Waals surface area (Å²) in [6, 6.07) is 16.3. The first-order chi connectivity index (χ1) is 11.0. The molecule has 0 aliphatic rings.